The first kappa shape index (κ1) is 20.1. The van der Waals surface area contributed by atoms with Crippen molar-refractivity contribution in [2.45, 2.75) is 17.3 Å². The topological polar surface area (TPSA) is 87.0 Å². The van der Waals surface area contributed by atoms with E-state index in [1.807, 2.05) is 0 Å². The molecule has 0 saturated carbocycles. The minimum atomic E-state index is -0.878. The van der Waals surface area contributed by atoms with Crippen molar-refractivity contribution >= 4 is 22.7 Å². The summed E-state index contributed by atoms with van der Waals surface area (Å²) in [6.45, 7) is 1.79. The Balaban J connectivity index is 1.60. The van der Waals surface area contributed by atoms with Crippen molar-refractivity contribution in [1.82, 2.24) is 19.7 Å². The maximum Gasteiger partial charge on any atom is 0.266 e. The van der Waals surface area contributed by atoms with Crippen LogP contribution in [0.3, 0.4) is 0 Å². The van der Waals surface area contributed by atoms with Crippen LogP contribution in [0.1, 0.15) is 18.1 Å². The van der Waals surface area contributed by atoms with Gasteiger partial charge in [0.05, 0.1) is 28.1 Å². The summed E-state index contributed by atoms with van der Waals surface area (Å²) in [6.07, 6.45) is 1.50. The summed E-state index contributed by atoms with van der Waals surface area (Å²) >= 11 is 1.14. The lowest BCUT2D eigenvalue weighted by Gasteiger charge is -2.15. The molecule has 7 nitrogen and oxygen atoms in total. The predicted octanol–water partition coefficient (Wildman–Crippen LogP) is 5.16. The van der Waals surface area contributed by atoms with Gasteiger partial charge in [-0.3, -0.25) is 9.36 Å². The van der Waals surface area contributed by atoms with Crippen LogP contribution in [0.15, 0.2) is 79.8 Å². The standard InChI is InChI=1S/C22H14F2N4O3S/c1-12(20-26-19(27-31-20)18-7-4-10-30-18)32-22-25-16-6-3-2-5-14(16)21(29)28(22)17-9-8-13(23)11-15(17)24/h2-12H,1H3/t12-/m1/s1. The van der Waals surface area contributed by atoms with Crippen LogP contribution in [-0.2, 0) is 0 Å². The molecule has 5 aromatic rings. The van der Waals surface area contributed by atoms with Crippen LogP contribution in [0.25, 0.3) is 28.2 Å². The molecular formula is C22H14F2N4O3S. The van der Waals surface area contributed by atoms with E-state index in [-0.39, 0.29) is 22.6 Å². The molecule has 0 fully saturated rings. The monoisotopic (exact) mass is 452 g/mol. The third kappa shape index (κ3) is 3.58. The highest BCUT2D eigenvalue weighted by atomic mass is 32.2. The van der Waals surface area contributed by atoms with Crippen molar-refractivity contribution < 1.29 is 17.7 Å². The van der Waals surface area contributed by atoms with Crippen LogP contribution in [-0.4, -0.2) is 19.7 Å². The number of halogens is 2. The number of benzene rings is 2. The van der Waals surface area contributed by atoms with Crippen LogP contribution >= 0.6 is 11.8 Å². The van der Waals surface area contributed by atoms with Crippen molar-refractivity contribution in [3.8, 4) is 17.3 Å². The molecule has 2 aromatic carbocycles. The Hall–Kier alpha value is -3.79. The Bertz CT molecular complexity index is 1480. The van der Waals surface area contributed by atoms with Gasteiger partial charge in [0.15, 0.2) is 10.9 Å². The first-order chi connectivity index (χ1) is 15.5. The molecule has 32 heavy (non-hydrogen) atoms. The number of furan rings is 1. The third-order valence-corrected chi connectivity index (χ3v) is 5.75. The second kappa shape index (κ2) is 8.04. The van der Waals surface area contributed by atoms with Gasteiger partial charge in [-0.25, -0.2) is 13.8 Å². The van der Waals surface area contributed by atoms with E-state index in [0.29, 0.717) is 16.7 Å². The predicted molar refractivity (Wildman–Crippen MR) is 114 cm³/mol. The van der Waals surface area contributed by atoms with E-state index in [1.54, 1.807) is 43.3 Å². The Kier molecular flexibility index (Phi) is 5.06. The largest absolute Gasteiger partial charge is 0.461 e. The van der Waals surface area contributed by atoms with E-state index in [9.17, 15) is 13.6 Å². The molecule has 0 saturated heterocycles. The number of thioether (sulfide) groups is 1. The number of nitrogens with zero attached hydrogens (tertiary/aromatic N) is 4. The van der Waals surface area contributed by atoms with Crippen molar-refractivity contribution in [1.29, 1.82) is 0 Å². The highest BCUT2D eigenvalue weighted by molar-refractivity contribution is 7.99. The fraction of sp³-hybridized carbons (Fsp3) is 0.0909. The van der Waals surface area contributed by atoms with E-state index >= 15 is 0 Å². The smallest absolute Gasteiger partial charge is 0.266 e. The van der Waals surface area contributed by atoms with Gasteiger partial charge >= 0.3 is 0 Å². The number of rotatable bonds is 5. The lowest BCUT2D eigenvalue weighted by molar-refractivity contribution is 0.379. The van der Waals surface area contributed by atoms with Gasteiger partial charge in [-0.1, -0.05) is 29.1 Å². The van der Waals surface area contributed by atoms with Crippen LogP contribution in [0.4, 0.5) is 8.78 Å². The van der Waals surface area contributed by atoms with Gasteiger partial charge in [-0.05, 0) is 43.3 Å². The van der Waals surface area contributed by atoms with E-state index in [2.05, 4.69) is 15.1 Å². The Labute approximate surface area is 183 Å². The van der Waals surface area contributed by atoms with Gasteiger partial charge in [0.1, 0.15) is 11.6 Å². The van der Waals surface area contributed by atoms with Crippen LogP contribution in [0, 0.1) is 11.6 Å². The lowest BCUT2D eigenvalue weighted by Crippen LogP contribution is -2.23. The highest BCUT2D eigenvalue weighted by Crippen LogP contribution is 2.35. The molecule has 160 valence electrons. The average molecular weight is 452 g/mol. The molecule has 1 atom stereocenters. The molecule has 0 unspecified atom stereocenters. The van der Waals surface area contributed by atoms with Gasteiger partial charge in [0.2, 0.25) is 11.7 Å². The fourth-order valence-corrected chi connectivity index (χ4v) is 4.13. The minimum absolute atomic E-state index is 0.105. The number of para-hydroxylation sites is 1. The SMILES string of the molecule is C[C@@H](Sc1nc2ccccc2c(=O)n1-c1ccc(F)cc1F)c1nc(-c2ccco2)no1. The van der Waals surface area contributed by atoms with E-state index in [0.717, 1.165) is 28.5 Å². The quantitative estimate of drug-likeness (QED) is 0.269. The maximum atomic E-state index is 14.6. The van der Waals surface area contributed by atoms with Gasteiger partial charge in [-0.15, -0.1) is 0 Å². The third-order valence-electron chi connectivity index (χ3n) is 4.71. The first-order valence-electron chi connectivity index (χ1n) is 9.52. The number of fused-ring (bicyclic) bond motifs is 1. The van der Waals surface area contributed by atoms with Gasteiger partial charge in [0.25, 0.3) is 5.56 Å². The summed E-state index contributed by atoms with van der Waals surface area (Å²) < 4.78 is 39.9. The number of aromatic nitrogens is 4. The Morgan fingerprint density at radius 1 is 1.06 bits per heavy atom. The van der Waals surface area contributed by atoms with Crippen molar-refractivity contribution in [3.05, 3.63) is 88.7 Å². The number of hydrogen-bond acceptors (Lipinski definition) is 7. The Morgan fingerprint density at radius 2 is 1.91 bits per heavy atom. The molecule has 5 rings (SSSR count). The van der Waals surface area contributed by atoms with Crippen LogP contribution < -0.4 is 5.56 Å². The molecule has 0 amide bonds. The molecule has 0 aliphatic heterocycles. The summed E-state index contributed by atoms with van der Waals surface area (Å²) in [5.74, 6) is -0.615. The van der Waals surface area contributed by atoms with Gasteiger partial charge in [-0.2, -0.15) is 4.98 Å². The molecule has 0 aliphatic carbocycles. The van der Waals surface area contributed by atoms with E-state index in [1.165, 1.54) is 12.3 Å². The highest BCUT2D eigenvalue weighted by Gasteiger charge is 2.23. The van der Waals surface area contributed by atoms with Crippen molar-refractivity contribution in [3.63, 3.8) is 0 Å². The molecule has 3 aromatic heterocycles. The van der Waals surface area contributed by atoms with Crippen LogP contribution in [0.5, 0.6) is 0 Å². The molecule has 0 radical (unpaired) electrons. The second-order valence-corrected chi connectivity index (χ2v) is 8.15. The van der Waals surface area contributed by atoms with Crippen LogP contribution in [0.2, 0.25) is 0 Å². The summed E-state index contributed by atoms with van der Waals surface area (Å²) in [4.78, 5) is 22.1. The molecule has 0 spiro atoms. The first-order valence-corrected chi connectivity index (χ1v) is 10.4. The summed E-state index contributed by atoms with van der Waals surface area (Å²) in [6, 6.07) is 13.2. The van der Waals surface area contributed by atoms with Gasteiger partial charge in [0, 0.05) is 6.07 Å². The molecular weight excluding hydrogens is 438 g/mol. The summed E-state index contributed by atoms with van der Waals surface area (Å²) in [5.41, 5.74) is -0.128. The Morgan fingerprint density at radius 3 is 2.69 bits per heavy atom. The zero-order valence-electron chi connectivity index (χ0n) is 16.5. The maximum absolute atomic E-state index is 14.6. The lowest BCUT2D eigenvalue weighted by atomic mass is 10.2. The average Bonchev–Trinajstić information content (AvgIpc) is 3.47. The second-order valence-electron chi connectivity index (χ2n) is 6.84. The number of hydrogen-bond donors (Lipinski definition) is 0. The zero-order valence-corrected chi connectivity index (χ0v) is 17.3. The van der Waals surface area contributed by atoms with E-state index in [4.69, 9.17) is 8.94 Å². The molecule has 0 N–H and O–H groups in total. The minimum Gasteiger partial charge on any atom is -0.461 e. The molecule has 0 aliphatic rings. The van der Waals surface area contributed by atoms with E-state index < -0.39 is 22.4 Å². The van der Waals surface area contributed by atoms with Gasteiger partial charge < -0.3 is 8.94 Å². The summed E-state index contributed by atoms with van der Waals surface area (Å²) in [5, 5.41) is 3.98. The molecule has 3 heterocycles. The molecule has 0 bridgehead atoms. The van der Waals surface area contributed by atoms with Crippen molar-refractivity contribution in [2.24, 2.45) is 0 Å². The normalized spacial score (nSPS) is 12.3. The summed E-state index contributed by atoms with van der Waals surface area (Å²) in [7, 11) is 0. The van der Waals surface area contributed by atoms with Crippen molar-refractivity contribution in [2.75, 3.05) is 0 Å². The fourth-order valence-electron chi connectivity index (χ4n) is 3.18. The zero-order chi connectivity index (χ0) is 22.2. The molecule has 10 heteroatoms.